The van der Waals surface area contributed by atoms with Gasteiger partial charge in [0.15, 0.2) is 0 Å². The zero-order valence-corrected chi connectivity index (χ0v) is 12.8. The first-order valence-corrected chi connectivity index (χ1v) is 8.37. The summed E-state index contributed by atoms with van der Waals surface area (Å²) in [6.45, 7) is 6.61. The molecule has 1 heterocycles. The smallest absolute Gasteiger partial charge is 0.264 e. The second-order valence-electron chi connectivity index (χ2n) is 6.18. The Morgan fingerprint density at radius 3 is 2.42 bits per heavy atom. The molecule has 0 bridgehead atoms. The van der Waals surface area contributed by atoms with Crippen LogP contribution in [0.25, 0.3) is 0 Å². The first-order valence-electron chi connectivity index (χ1n) is 7.43. The average molecular weight is 292 g/mol. The standard InChI is InChI=1S/C14H26F2N2S/c1-10(2)18-8-5-11(6-9-18)19-12-4-3-7-14(15,16)13(12)17/h10-13H,3-9,17H2,1-2H3/t12-,13+/m0/s1. The highest BCUT2D eigenvalue weighted by molar-refractivity contribution is 8.00. The Bertz CT molecular complexity index is 291. The molecule has 0 unspecified atom stereocenters. The van der Waals surface area contributed by atoms with E-state index < -0.39 is 12.0 Å². The van der Waals surface area contributed by atoms with Gasteiger partial charge in [-0.25, -0.2) is 8.78 Å². The lowest BCUT2D eigenvalue weighted by Gasteiger charge is -2.39. The molecule has 2 rings (SSSR count). The maximum Gasteiger partial charge on any atom is 0.264 e. The largest absolute Gasteiger partial charge is 0.322 e. The topological polar surface area (TPSA) is 29.3 Å². The lowest BCUT2D eigenvalue weighted by molar-refractivity contribution is -0.0490. The summed E-state index contributed by atoms with van der Waals surface area (Å²) < 4.78 is 27.2. The molecule has 0 aromatic heterocycles. The van der Waals surface area contributed by atoms with E-state index in [-0.39, 0.29) is 11.7 Å². The maximum atomic E-state index is 13.6. The summed E-state index contributed by atoms with van der Waals surface area (Å²) in [4.78, 5) is 2.46. The van der Waals surface area contributed by atoms with Crippen LogP contribution >= 0.6 is 11.8 Å². The molecule has 0 aromatic rings. The number of alkyl halides is 2. The Balaban J connectivity index is 1.82. The van der Waals surface area contributed by atoms with Gasteiger partial charge in [0, 0.05) is 23.0 Å². The number of rotatable bonds is 3. The van der Waals surface area contributed by atoms with Gasteiger partial charge < -0.3 is 10.6 Å². The van der Waals surface area contributed by atoms with E-state index in [0.717, 1.165) is 32.4 Å². The van der Waals surface area contributed by atoms with Gasteiger partial charge in [-0.15, -0.1) is 0 Å². The van der Waals surface area contributed by atoms with Gasteiger partial charge in [-0.3, -0.25) is 0 Å². The van der Waals surface area contributed by atoms with Crippen LogP contribution in [-0.2, 0) is 0 Å². The fourth-order valence-corrected chi connectivity index (χ4v) is 4.73. The van der Waals surface area contributed by atoms with Crippen molar-refractivity contribution >= 4 is 11.8 Å². The van der Waals surface area contributed by atoms with Gasteiger partial charge in [-0.05, 0) is 52.6 Å². The molecule has 2 N–H and O–H groups in total. The molecule has 1 saturated carbocycles. The molecule has 2 atom stereocenters. The van der Waals surface area contributed by atoms with Gasteiger partial charge in [0.25, 0.3) is 5.92 Å². The van der Waals surface area contributed by atoms with Crippen molar-refractivity contribution in [3.8, 4) is 0 Å². The molecule has 0 spiro atoms. The van der Waals surface area contributed by atoms with Crippen molar-refractivity contribution in [1.82, 2.24) is 4.90 Å². The fraction of sp³-hybridized carbons (Fsp3) is 1.00. The number of hydrogen-bond donors (Lipinski definition) is 1. The summed E-state index contributed by atoms with van der Waals surface area (Å²) in [5, 5.41) is 0.458. The van der Waals surface area contributed by atoms with Gasteiger partial charge in [0.05, 0.1) is 6.04 Å². The Morgan fingerprint density at radius 1 is 1.21 bits per heavy atom. The van der Waals surface area contributed by atoms with Crippen LogP contribution in [0.3, 0.4) is 0 Å². The molecule has 2 fully saturated rings. The van der Waals surface area contributed by atoms with Gasteiger partial charge in [-0.2, -0.15) is 11.8 Å². The number of piperidine rings is 1. The number of nitrogens with zero attached hydrogens (tertiary/aromatic N) is 1. The summed E-state index contributed by atoms with van der Waals surface area (Å²) in [6, 6.07) is -0.360. The monoisotopic (exact) mass is 292 g/mol. The third-order valence-electron chi connectivity index (χ3n) is 4.46. The number of hydrogen-bond acceptors (Lipinski definition) is 3. The first kappa shape index (κ1) is 15.5. The summed E-state index contributed by atoms with van der Waals surface area (Å²) in [5.74, 6) is -2.66. The number of likely N-dealkylation sites (tertiary alicyclic amines) is 1. The second-order valence-corrected chi connectivity index (χ2v) is 7.73. The van der Waals surface area contributed by atoms with E-state index in [1.165, 1.54) is 0 Å². The molecule has 1 aliphatic carbocycles. The molecule has 1 saturated heterocycles. The normalized spacial score (nSPS) is 33.8. The van der Waals surface area contributed by atoms with Crippen LogP contribution in [0.5, 0.6) is 0 Å². The summed E-state index contributed by atoms with van der Waals surface area (Å²) in [5.41, 5.74) is 5.77. The van der Waals surface area contributed by atoms with E-state index in [0.29, 0.717) is 17.7 Å². The second kappa shape index (κ2) is 6.27. The highest BCUT2D eigenvalue weighted by atomic mass is 32.2. The van der Waals surface area contributed by atoms with Gasteiger partial charge in [-0.1, -0.05) is 0 Å². The third-order valence-corrected chi connectivity index (χ3v) is 6.20. The Hall–Kier alpha value is 0.130. The maximum absolute atomic E-state index is 13.6. The van der Waals surface area contributed by atoms with Crippen LogP contribution < -0.4 is 5.73 Å². The van der Waals surface area contributed by atoms with Crippen LogP contribution in [0.2, 0.25) is 0 Å². The quantitative estimate of drug-likeness (QED) is 0.866. The minimum Gasteiger partial charge on any atom is -0.322 e. The molecular weight excluding hydrogens is 266 g/mol. The molecule has 2 aliphatic rings. The minimum atomic E-state index is -2.66. The molecule has 5 heteroatoms. The lowest BCUT2D eigenvalue weighted by atomic mass is 9.92. The number of halogens is 2. The molecule has 0 aromatic carbocycles. The van der Waals surface area contributed by atoms with Gasteiger partial charge in [0.1, 0.15) is 0 Å². The van der Waals surface area contributed by atoms with E-state index in [1.54, 1.807) is 11.8 Å². The van der Waals surface area contributed by atoms with Crippen LogP contribution in [0.4, 0.5) is 8.78 Å². The van der Waals surface area contributed by atoms with E-state index in [2.05, 4.69) is 18.7 Å². The highest BCUT2D eigenvalue weighted by Gasteiger charge is 2.45. The van der Waals surface area contributed by atoms with E-state index in [9.17, 15) is 8.78 Å². The first-order chi connectivity index (χ1) is 8.90. The third kappa shape index (κ3) is 3.82. The van der Waals surface area contributed by atoms with Crippen molar-refractivity contribution in [3.05, 3.63) is 0 Å². The SMILES string of the molecule is CC(C)N1CCC(S[C@H]2CCCC(F)(F)[C@@H]2N)CC1. The van der Waals surface area contributed by atoms with Crippen LogP contribution in [0.15, 0.2) is 0 Å². The van der Waals surface area contributed by atoms with Crippen molar-refractivity contribution in [2.45, 2.75) is 74.5 Å². The van der Waals surface area contributed by atoms with Crippen LogP contribution in [-0.4, -0.2) is 46.5 Å². The molecule has 19 heavy (non-hydrogen) atoms. The summed E-state index contributed by atoms with van der Waals surface area (Å²) in [6.07, 6.45) is 3.65. The van der Waals surface area contributed by atoms with Crippen molar-refractivity contribution in [3.63, 3.8) is 0 Å². The van der Waals surface area contributed by atoms with E-state index >= 15 is 0 Å². The highest BCUT2D eigenvalue weighted by Crippen LogP contribution is 2.40. The number of thioether (sulfide) groups is 1. The van der Waals surface area contributed by atoms with Gasteiger partial charge >= 0.3 is 0 Å². The van der Waals surface area contributed by atoms with Crippen molar-refractivity contribution in [1.29, 1.82) is 0 Å². The zero-order valence-electron chi connectivity index (χ0n) is 11.9. The van der Waals surface area contributed by atoms with Gasteiger partial charge in [0.2, 0.25) is 0 Å². The Labute approximate surface area is 119 Å². The predicted molar refractivity (Wildman–Crippen MR) is 77.9 cm³/mol. The van der Waals surface area contributed by atoms with Crippen LogP contribution in [0, 0.1) is 0 Å². The fourth-order valence-electron chi connectivity index (χ4n) is 3.09. The summed E-state index contributed by atoms with van der Waals surface area (Å²) in [7, 11) is 0. The van der Waals surface area contributed by atoms with E-state index in [1.807, 2.05) is 0 Å². The van der Waals surface area contributed by atoms with Crippen molar-refractivity contribution < 1.29 is 8.78 Å². The molecule has 1 aliphatic heterocycles. The number of nitrogens with two attached hydrogens (primary N) is 1. The minimum absolute atomic E-state index is 0.0307. The molecule has 2 nitrogen and oxygen atoms in total. The predicted octanol–water partition coefficient (Wildman–Crippen LogP) is 3.11. The summed E-state index contributed by atoms with van der Waals surface area (Å²) >= 11 is 1.73. The van der Waals surface area contributed by atoms with Crippen molar-refractivity contribution in [2.75, 3.05) is 13.1 Å². The van der Waals surface area contributed by atoms with E-state index in [4.69, 9.17) is 5.73 Å². The molecule has 0 radical (unpaired) electrons. The molecular formula is C14H26F2N2S. The Morgan fingerprint density at radius 2 is 1.84 bits per heavy atom. The zero-order chi connectivity index (χ0) is 14.0. The van der Waals surface area contributed by atoms with Crippen molar-refractivity contribution in [2.24, 2.45) is 5.73 Å². The lowest BCUT2D eigenvalue weighted by Crippen LogP contribution is -2.52. The van der Waals surface area contributed by atoms with Crippen LogP contribution in [0.1, 0.15) is 46.0 Å². The Kier molecular flexibility index (Phi) is 5.12. The molecule has 0 amide bonds. The molecule has 112 valence electrons. The average Bonchev–Trinajstić information content (AvgIpc) is 2.35.